The zero-order valence-electron chi connectivity index (χ0n) is 10.4. The molecule has 0 aromatic carbocycles. The maximum Gasteiger partial charge on any atom is 0.309 e. The van der Waals surface area contributed by atoms with Crippen molar-refractivity contribution in [1.29, 1.82) is 0 Å². The Labute approximate surface area is 109 Å². The summed E-state index contributed by atoms with van der Waals surface area (Å²) in [5, 5.41) is 15.2. The second-order valence-corrected chi connectivity index (χ2v) is 5.06. The number of hydrogen-bond acceptors (Lipinski definition) is 5. The number of carboxylic acid groups (broad SMARTS) is 1. The number of thiazole rings is 1. The van der Waals surface area contributed by atoms with E-state index in [4.69, 9.17) is 5.11 Å². The highest BCUT2D eigenvalue weighted by Gasteiger charge is 2.10. The molecule has 1 aromatic rings. The first-order chi connectivity index (χ1) is 8.49. The van der Waals surface area contributed by atoms with Gasteiger partial charge in [0, 0.05) is 24.9 Å². The van der Waals surface area contributed by atoms with Gasteiger partial charge in [-0.3, -0.25) is 9.59 Å². The molecular weight excluding hydrogens is 254 g/mol. The van der Waals surface area contributed by atoms with Gasteiger partial charge in [0.2, 0.25) is 5.91 Å². The second kappa shape index (κ2) is 6.95. The van der Waals surface area contributed by atoms with E-state index in [2.05, 4.69) is 15.6 Å². The maximum absolute atomic E-state index is 10.6. The van der Waals surface area contributed by atoms with Gasteiger partial charge >= 0.3 is 5.97 Å². The number of aryl methyl sites for hydroxylation is 1. The topological polar surface area (TPSA) is 91.3 Å². The van der Waals surface area contributed by atoms with Crippen LogP contribution in [-0.2, 0) is 16.0 Å². The van der Waals surface area contributed by atoms with E-state index >= 15 is 0 Å². The Morgan fingerprint density at radius 3 is 2.72 bits per heavy atom. The van der Waals surface area contributed by atoms with Crippen LogP contribution in [0.15, 0.2) is 0 Å². The van der Waals surface area contributed by atoms with Crippen molar-refractivity contribution in [1.82, 2.24) is 10.3 Å². The van der Waals surface area contributed by atoms with Crippen molar-refractivity contribution in [3.8, 4) is 0 Å². The van der Waals surface area contributed by atoms with E-state index in [0.717, 1.165) is 16.4 Å². The Kier molecular flexibility index (Phi) is 5.57. The number of nitrogens with one attached hydrogen (secondary N) is 2. The zero-order valence-corrected chi connectivity index (χ0v) is 11.3. The van der Waals surface area contributed by atoms with E-state index < -0.39 is 5.97 Å². The van der Waals surface area contributed by atoms with Gasteiger partial charge in [-0.2, -0.15) is 0 Å². The van der Waals surface area contributed by atoms with Crippen LogP contribution in [0.1, 0.15) is 23.9 Å². The van der Waals surface area contributed by atoms with Crippen LogP contribution in [0, 0.1) is 6.92 Å². The summed E-state index contributed by atoms with van der Waals surface area (Å²) in [6.45, 7) is 4.66. The number of nitrogens with zero attached hydrogens (tertiary/aromatic N) is 1. The molecule has 0 unspecified atom stereocenters. The molecule has 1 heterocycles. The fraction of sp³-hybridized carbons (Fsp3) is 0.545. The van der Waals surface area contributed by atoms with Crippen molar-refractivity contribution in [2.75, 3.05) is 18.4 Å². The quantitative estimate of drug-likeness (QED) is 0.644. The van der Waals surface area contributed by atoms with Gasteiger partial charge in [-0.25, -0.2) is 4.98 Å². The molecule has 100 valence electrons. The third kappa shape index (κ3) is 5.13. The van der Waals surface area contributed by atoms with Gasteiger partial charge in [0.1, 0.15) is 0 Å². The predicted octanol–water partition coefficient (Wildman–Crippen LogP) is 1.02. The van der Waals surface area contributed by atoms with Gasteiger partial charge in [-0.1, -0.05) is 0 Å². The van der Waals surface area contributed by atoms with Crippen LogP contribution in [0.2, 0.25) is 0 Å². The molecule has 1 rings (SSSR count). The van der Waals surface area contributed by atoms with Crippen molar-refractivity contribution in [2.45, 2.75) is 26.7 Å². The molecule has 1 aromatic heterocycles. The summed E-state index contributed by atoms with van der Waals surface area (Å²) < 4.78 is 0. The Morgan fingerprint density at radius 1 is 1.39 bits per heavy atom. The maximum atomic E-state index is 10.6. The van der Waals surface area contributed by atoms with Crippen LogP contribution in [0.3, 0.4) is 0 Å². The summed E-state index contributed by atoms with van der Waals surface area (Å²) in [6, 6.07) is 0. The summed E-state index contributed by atoms with van der Waals surface area (Å²) in [7, 11) is 0. The van der Waals surface area contributed by atoms with E-state index in [1.807, 2.05) is 6.92 Å². The lowest BCUT2D eigenvalue weighted by molar-refractivity contribution is -0.136. The Balaban J connectivity index is 2.34. The lowest BCUT2D eigenvalue weighted by Gasteiger charge is -2.02. The van der Waals surface area contributed by atoms with Crippen LogP contribution in [0.25, 0.3) is 0 Å². The number of hydrogen-bond donors (Lipinski definition) is 3. The first-order valence-electron chi connectivity index (χ1n) is 5.65. The molecule has 1 amide bonds. The molecule has 0 radical (unpaired) electrons. The van der Waals surface area contributed by atoms with Gasteiger partial charge in [-0.05, 0) is 13.3 Å². The van der Waals surface area contributed by atoms with Gasteiger partial charge in [0.25, 0.3) is 0 Å². The lowest BCUT2D eigenvalue weighted by atomic mass is 10.3. The van der Waals surface area contributed by atoms with Crippen molar-refractivity contribution >= 4 is 28.3 Å². The third-order valence-corrected chi connectivity index (χ3v) is 3.19. The molecule has 6 nitrogen and oxygen atoms in total. The summed E-state index contributed by atoms with van der Waals surface area (Å²) >= 11 is 1.45. The average molecular weight is 271 g/mol. The average Bonchev–Trinajstić information content (AvgIpc) is 2.57. The summed E-state index contributed by atoms with van der Waals surface area (Å²) in [5.41, 5.74) is 0.608. The van der Waals surface area contributed by atoms with E-state index in [0.29, 0.717) is 18.8 Å². The molecule has 0 spiro atoms. The SMILES string of the molecule is CC(=O)NCCCNc1nc(CC(=O)O)c(C)s1. The molecule has 0 atom stereocenters. The normalized spacial score (nSPS) is 10.1. The van der Waals surface area contributed by atoms with Crippen LogP contribution < -0.4 is 10.6 Å². The van der Waals surface area contributed by atoms with Gasteiger partial charge in [-0.15, -0.1) is 11.3 Å². The zero-order chi connectivity index (χ0) is 13.5. The largest absolute Gasteiger partial charge is 0.481 e. The fourth-order valence-corrected chi connectivity index (χ4v) is 2.21. The molecule has 0 fully saturated rings. The summed E-state index contributed by atoms with van der Waals surface area (Å²) in [5.74, 6) is -0.913. The Morgan fingerprint density at radius 2 is 2.11 bits per heavy atom. The summed E-state index contributed by atoms with van der Waals surface area (Å²) in [4.78, 5) is 26.4. The molecule has 0 aliphatic carbocycles. The fourth-order valence-electron chi connectivity index (χ4n) is 1.36. The Hall–Kier alpha value is -1.63. The van der Waals surface area contributed by atoms with E-state index in [1.165, 1.54) is 18.3 Å². The highest BCUT2D eigenvalue weighted by molar-refractivity contribution is 7.15. The second-order valence-electron chi connectivity index (χ2n) is 3.86. The van der Waals surface area contributed by atoms with Crippen molar-refractivity contribution < 1.29 is 14.7 Å². The number of aliphatic carboxylic acids is 1. The van der Waals surface area contributed by atoms with Gasteiger partial charge in [0.05, 0.1) is 12.1 Å². The van der Waals surface area contributed by atoms with Gasteiger partial charge < -0.3 is 15.7 Å². The van der Waals surface area contributed by atoms with E-state index in [1.54, 1.807) is 0 Å². The van der Waals surface area contributed by atoms with Crippen LogP contribution in [0.4, 0.5) is 5.13 Å². The highest BCUT2D eigenvalue weighted by atomic mass is 32.1. The number of aromatic nitrogens is 1. The van der Waals surface area contributed by atoms with Crippen LogP contribution in [0.5, 0.6) is 0 Å². The minimum Gasteiger partial charge on any atom is -0.481 e. The monoisotopic (exact) mass is 271 g/mol. The number of carbonyl (C=O) groups excluding carboxylic acids is 1. The summed E-state index contributed by atoms with van der Waals surface area (Å²) in [6.07, 6.45) is 0.752. The number of anilines is 1. The minimum atomic E-state index is -0.874. The van der Waals surface area contributed by atoms with Crippen LogP contribution in [-0.4, -0.2) is 35.1 Å². The highest BCUT2D eigenvalue weighted by Crippen LogP contribution is 2.22. The minimum absolute atomic E-state index is 0.0381. The van der Waals surface area contributed by atoms with Crippen molar-refractivity contribution in [2.24, 2.45) is 0 Å². The van der Waals surface area contributed by atoms with E-state index in [9.17, 15) is 9.59 Å². The number of carbonyl (C=O) groups is 2. The van der Waals surface area contributed by atoms with Crippen LogP contribution >= 0.6 is 11.3 Å². The van der Waals surface area contributed by atoms with Crippen molar-refractivity contribution in [3.05, 3.63) is 10.6 Å². The third-order valence-electron chi connectivity index (χ3n) is 2.22. The number of carboxylic acids is 1. The predicted molar refractivity (Wildman–Crippen MR) is 70.0 cm³/mol. The van der Waals surface area contributed by atoms with E-state index in [-0.39, 0.29) is 12.3 Å². The molecule has 0 saturated carbocycles. The first kappa shape index (κ1) is 14.4. The molecular formula is C11H17N3O3S. The standard InChI is InChI=1S/C11H17N3O3S/c1-7-9(6-10(16)17)14-11(18-7)13-5-3-4-12-8(2)15/h3-6H2,1-2H3,(H,12,15)(H,13,14)(H,16,17). The number of amides is 1. The molecule has 0 aliphatic rings. The van der Waals surface area contributed by atoms with Gasteiger partial charge in [0.15, 0.2) is 5.13 Å². The molecule has 7 heteroatoms. The number of rotatable bonds is 7. The van der Waals surface area contributed by atoms with Crippen molar-refractivity contribution in [3.63, 3.8) is 0 Å². The molecule has 0 aliphatic heterocycles. The smallest absolute Gasteiger partial charge is 0.309 e. The Bertz CT molecular complexity index is 431. The molecule has 3 N–H and O–H groups in total. The first-order valence-corrected chi connectivity index (χ1v) is 6.47. The lowest BCUT2D eigenvalue weighted by Crippen LogP contribution is -2.22. The molecule has 0 bridgehead atoms. The molecule has 0 saturated heterocycles. The molecule has 18 heavy (non-hydrogen) atoms.